The lowest BCUT2D eigenvalue weighted by Crippen LogP contribution is -2.16. The van der Waals surface area contributed by atoms with Gasteiger partial charge in [-0.25, -0.2) is 0 Å². The van der Waals surface area contributed by atoms with E-state index < -0.39 is 17.6 Å². The van der Waals surface area contributed by atoms with Crippen molar-refractivity contribution < 1.29 is 32.2 Å². The molecule has 2 N–H and O–H groups in total. The number of benzene rings is 3. The fourth-order valence-electron chi connectivity index (χ4n) is 3.17. The van der Waals surface area contributed by atoms with Crippen molar-refractivity contribution in [3.8, 4) is 11.5 Å². The van der Waals surface area contributed by atoms with Crippen LogP contribution in [0.15, 0.2) is 71.6 Å². The molecule has 0 saturated heterocycles. The Balaban J connectivity index is 1.35. The third-order valence-corrected chi connectivity index (χ3v) is 5.73. The van der Waals surface area contributed by atoms with Gasteiger partial charge in [0.05, 0.1) is 11.3 Å². The molecule has 34 heavy (non-hydrogen) atoms. The summed E-state index contributed by atoms with van der Waals surface area (Å²) in [6.45, 7) is 0.970. The van der Waals surface area contributed by atoms with Crippen molar-refractivity contribution in [2.24, 2.45) is 0 Å². The Labute approximate surface area is 197 Å². The summed E-state index contributed by atoms with van der Waals surface area (Å²) < 4.78 is 49.7. The van der Waals surface area contributed by atoms with Crippen molar-refractivity contribution in [2.75, 3.05) is 29.6 Å². The van der Waals surface area contributed by atoms with Gasteiger partial charge in [0.1, 0.15) is 13.2 Å². The number of carbonyl (C=O) groups excluding carboxylic acids is 2. The molecule has 2 amide bonds. The summed E-state index contributed by atoms with van der Waals surface area (Å²) >= 11 is 1.32. The molecule has 1 heterocycles. The number of carbonyl (C=O) groups is 2. The Morgan fingerprint density at radius 1 is 0.853 bits per heavy atom. The lowest BCUT2D eigenvalue weighted by Gasteiger charge is -2.18. The molecule has 0 saturated carbocycles. The highest BCUT2D eigenvalue weighted by atomic mass is 32.2. The fourth-order valence-corrected chi connectivity index (χ4v) is 3.90. The molecule has 1 aliphatic heterocycles. The Hall–Kier alpha value is -3.66. The van der Waals surface area contributed by atoms with Gasteiger partial charge in [0.25, 0.3) is 5.91 Å². The SMILES string of the molecule is O=C(CSc1ccc2c(c1)OCCO2)Nc1cccc(C(=O)Nc2cccc(C(F)(F)F)c2)c1. The number of rotatable bonds is 6. The number of ether oxygens (including phenoxy) is 2. The molecule has 0 aliphatic carbocycles. The topological polar surface area (TPSA) is 76.7 Å². The molecule has 0 radical (unpaired) electrons. The number of anilines is 2. The molecule has 0 bridgehead atoms. The average Bonchev–Trinajstić information content (AvgIpc) is 2.82. The van der Waals surface area contributed by atoms with Crippen LogP contribution in [0, 0.1) is 0 Å². The fraction of sp³-hybridized carbons (Fsp3) is 0.167. The number of alkyl halides is 3. The normalized spacial score (nSPS) is 12.7. The van der Waals surface area contributed by atoms with Gasteiger partial charge in [0, 0.05) is 21.8 Å². The van der Waals surface area contributed by atoms with Gasteiger partial charge >= 0.3 is 6.18 Å². The summed E-state index contributed by atoms with van der Waals surface area (Å²) in [5.74, 6) is 0.549. The Bertz CT molecular complexity index is 1220. The van der Waals surface area contributed by atoms with Gasteiger partial charge in [0.15, 0.2) is 11.5 Å². The van der Waals surface area contributed by atoms with Crippen LogP contribution in [0.2, 0.25) is 0 Å². The minimum Gasteiger partial charge on any atom is -0.486 e. The van der Waals surface area contributed by atoms with E-state index in [2.05, 4.69) is 10.6 Å². The van der Waals surface area contributed by atoms with Crippen LogP contribution in [0.1, 0.15) is 15.9 Å². The minimum absolute atomic E-state index is 0.0186. The van der Waals surface area contributed by atoms with E-state index in [4.69, 9.17) is 9.47 Å². The molecule has 6 nitrogen and oxygen atoms in total. The van der Waals surface area contributed by atoms with Crippen molar-refractivity contribution >= 4 is 35.0 Å². The second-order valence-electron chi connectivity index (χ2n) is 7.26. The van der Waals surface area contributed by atoms with Crippen molar-refractivity contribution in [1.29, 1.82) is 0 Å². The van der Waals surface area contributed by atoms with Gasteiger partial charge in [-0.3, -0.25) is 9.59 Å². The van der Waals surface area contributed by atoms with E-state index in [0.29, 0.717) is 30.4 Å². The molecule has 0 aromatic heterocycles. The smallest absolute Gasteiger partial charge is 0.416 e. The van der Waals surface area contributed by atoms with E-state index in [1.165, 1.54) is 36.0 Å². The molecule has 0 unspecified atom stereocenters. The number of halogens is 3. The molecular weight excluding hydrogens is 469 g/mol. The third-order valence-electron chi connectivity index (χ3n) is 4.74. The van der Waals surface area contributed by atoms with E-state index in [1.807, 2.05) is 12.1 Å². The molecule has 1 aliphatic rings. The lowest BCUT2D eigenvalue weighted by atomic mass is 10.1. The van der Waals surface area contributed by atoms with Gasteiger partial charge in [-0.15, -0.1) is 11.8 Å². The monoisotopic (exact) mass is 488 g/mol. The van der Waals surface area contributed by atoms with Crippen molar-refractivity contribution in [1.82, 2.24) is 0 Å². The van der Waals surface area contributed by atoms with Crippen LogP contribution in [-0.4, -0.2) is 30.8 Å². The number of fused-ring (bicyclic) bond motifs is 1. The minimum atomic E-state index is -4.51. The quantitative estimate of drug-likeness (QED) is 0.451. The predicted octanol–water partition coefficient (Wildman–Crippen LogP) is 5.46. The van der Waals surface area contributed by atoms with Gasteiger partial charge in [-0.05, 0) is 54.6 Å². The van der Waals surface area contributed by atoms with Crippen LogP contribution in [-0.2, 0) is 11.0 Å². The molecule has 10 heteroatoms. The zero-order valence-corrected chi connectivity index (χ0v) is 18.5. The van der Waals surface area contributed by atoms with Crippen molar-refractivity contribution in [2.45, 2.75) is 11.1 Å². The first-order valence-electron chi connectivity index (χ1n) is 10.2. The number of hydrogen-bond acceptors (Lipinski definition) is 5. The predicted molar refractivity (Wildman–Crippen MR) is 123 cm³/mol. The van der Waals surface area contributed by atoms with Gasteiger partial charge in [-0.1, -0.05) is 12.1 Å². The van der Waals surface area contributed by atoms with Crippen LogP contribution >= 0.6 is 11.8 Å². The number of nitrogens with one attached hydrogen (secondary N) is 2. The first kappa shape index (κ1) is 23.5. The Morgan fingerprint density at radius 3 is 2.32 bits per heavy atom. The molecule has 0 atom stereocenters. The average molecular weight is 488 g/mol. The maximum absolute atomic E-state index is 12.9. The van der Waals surface area contributed by atoms with Crippen molar-refractivity contribution in [3.63, 3.8) is 0 Å². The molecule has 3 aromatic carbocycles. The molecule has 4 rings (SSSR count). The summed E-state index contributed by atoms with van der Waals surface area (Å²) in [6, 6.07) is 16.0. The zero-order chi connectivity index (χ0) is 24.1. The third kappa shape index (κ3) is 6.02. The molecule has 0 spiro atoms. The van der Waals surface area contributed by atoms with Crippen LogP contribution in [0.4, 0.5) is 24.5 Å². The molecular formula is C24H19F3N2O4S. The van der Waals surface area contributed by atoms with E-state index in [0.717, 1.165) is 17.0 Å². The van der Waals surface area contributed by atoms with E-state index in [1.54, 1.807) is 18.2 Å². The first-order chi connectivity index (χ1) is 16.3. The highest BCUT2D eigenvalue weighted by Gasteiger charge is 2.30. The van der Waals surface area contributed by atoms with Crippen LogP contribution in [0.25, 0.3) is 0 Å². The standard InChI is InChI=1S/C24H19F3N2O4S/c25-24(26,27)16-4-2-6-18(12-16)29-23(31)15-3-1-5-17(11-15)28-22(30)14-34-19-7-8-20-21(13-19)33-10-9-32-20/h1-8,11-13H,9-10,14H2,(H,28,30)(H,29,31). The number of hydrogen-bond donors (Lipinski definition) is 2. The Kier molecular flexibility index (Phi) is 6.97. The van der Waals surface area contributed by atoms with Crippen molar-refractivity contribution in [3.05, 3.63) is 77.9 Å². The molecule has 0 fully saturated rings. The summed E-state index contributed by atoms with van der Waals surface area (Å²) in [5.41, 5.74) is -0.258. The summed E-state index contributed by atoms with van der Waals surface area (Å²) in [4.78, 5) is 25.7. The van der Waals surface area contributed by atoms with Crippen LogP contribution in [0.3, 0.4) is 0 Å². The maximum Gasteiger partial charge on any atom is 0.416 e. The van der Waals surface area contributed by atoms with Crippen LogP contribution < -0.4 is 20.1 Å². The van der Waals surface area contributed by atoms with Crippen LogP contribution in [0.5, 0.6) is 11.5 Å². The molecule has 176 valence electrons. The number of thioether (sulfide) groups is 1. The lowest BCUT2D eigenvalue weighted by molar-refractivity contribution is -0.137. The van der Waals surface area contributed by atoms with Gasteiger partial charge < -0.3 is 20.1 Å². The maximum atomic E-state index is 12.9. The summed E-state index contributed by atoms with van der Waals surface area (Å²) in [5, 5.41) is 5.16. The number of amides is 2. The Morgan fingerprint density at radius 2 is 1.56 bits per heavy atom. The van der Waals surface area contributed by atoms with Gasteiger partial charge in [-0.2, -0.15) is 13.2 Å². The zero-order valence-electron chi connectivity index (χ0n) is 17.6. The highest BCUT2D eigenvalue weighted by Crippen LogP contribution is 2.34. The largest absolute Gasteiger partial charge is 0.486 e. The van der Waals surface area contributed by atoms with E-state index in [-0.39, 0.29) is 22.9 Å². The second kappa shape index (κ2) is 10.1. The highest BCUT2D eigenvalue weighted by molar-refractivity contribution is 8.00. The second-order valence-corrected chi connectivity index (χ2v) is 8.30. The summed E-state index contributed by atoms with van der Waals surface area (Å²) in [6.07, 6.45) is -4.51. The summed E-state index contributed by atoms with van der Waals surface area (Å²) in [7, 11) is 0. The molecule has 3 aromatic rings. The first-order valence-corrected chi connectivity index (χ1v) is 11.2. The van der Waals surface area contributed by atoms with E-state index >= 15 is 0 Å². The van der Waals surface area contributed by atoms with E-state index in [9.17, 15) is 22.8 Å². The van der Waals surface area contributed by atoms with Gasteiger partial charge in [0.2, 0.25) is 5.91 Å².